The summed E-state index contributed by atoms with van der Waals surface area (Å²) in [4.78, 5) is 11.2. The van der Waals surface area contributed by atoms with Crippen molar-refractivity contribution in [3.05, 3.63) is 52.5 Å². The molecule has 2 aromatic rings. The number of carbonyl (C=O) groups is 1. The average molecular weight is 316 g/mol. The minimum Gasteiger partial charge on any atom is -0.506 e. The highest BCUT2D eigenvalue weighted by molar-refractivity contribution is 6.31. The second-order valence-electron chi connectivity index (χ2n) is 4.29. The van der Waals surface area contributed by atoms with Crippen LogP contribution in [0.1, 0.15) is 15.9 Å². The molecule has 0 saturated heterocycles. The highest BCUT2D eigenvalue weighted by atomic mass is 35.5. The van der Waals surface area contributed by atoms with Crippen molar-refractivity contribution in [2.24, 2.45) is 5.73 Å². The Morgan fingerprint density at radius 1 is 1.14 bits per heavy atom. The first-order valence-corrected chi connectivity index (χ1v) is 6.08. The molecule has 0 bridgehead atoms. The lowest BCUT2D eigenvalue weighted by atomic mass is 10.00. The number of carbonyl (C=O) groups excluding carboxylic acids is 1. The predicted octanol–water partition coefficient (Wildman–Crippen LogP) is 3.83. The smallest absolute Gasteiger partial charge is 0.416 e. The fourth-order valence-electron chi connectivity index (χ4n) is 1.85. The Hall–Kier alpha value is -2.21. The lowest BCUT2D eigenvalue weighted by Gasteiger charge is -2.11. The summed E-state index contributed by atoms with van der Waals surface area (Å²) in [5.41, 5.74) is 4.50. The zero-order chi connectivity index (χ0) is 15.8. The van der Waals surface area contributed by atoms with Gasteiger partial charge in [-0.2, -0.15) is 13.2 Å². The SMILES string of the molecule is NC(=O)c1cc(Cl)cc(-c2ccc(C(F)(F)F)cc2)c1O. The van der Waals surface area contributed by atoms with Crippen LogP contribution in [-0.2, 0) is 6.18 Å². The molecule has 1 amide bonds. The van der Waals surface area contributed by atoms with E-state index in [0.29, 0.717) is 0 Å². The summed E-state index contributed by atoms with van der Waals surface area (Å²) in [6.07, 6.45) is -4.45. The molecular weight excluding hydrogens is 307 g/mol. The van der Waals surface area contributed by atoms with E-state index in [0.717, 1.165) is 12.1 Å². The average Bonchev–Trinajstić information content (AvgIpc) is 2.40. The number of halogens is 4. The molecule has 0 heterocycles. The number of alkyl halides is 3. The summed E-state index contributed by atoms with van der Waals surface area (Å²) in [6.45, 7) is 0. The van der Waals surface area contributed by atoms with Crippen molar-refractivity contribution < 1.29 is 23.1 Å². The Labute approximate surface area is 122 Å². The number of primary amides is 1. The zero-order valence-electron chi connectivity index (χ0n) is 10.4. The van der Waals surface area contributed by atoms with E-state index in [-0.39, 0.29) is 21.7 Å². The fourth-order valence-corrected chi connectivity index (χ4v) is 2.06. The van der Waals surface area contributed by atoms with Gasteiger partial charge in [-0.15, -0.1) is 0 Å². The lowest BCUT2D eigenvalue weighted by molar-refractivity contribution is -0.137. The maximum Gasteiger partial charge on any atom is 0.416 e. The van der Waals surface area contributed by atoms with E-state index >= 15 is 0 Å². The Bertz CT molecular complexity index is 697. The van der Waals surface area contributed by atoms with Crippen LogP contribution in [-0.4, -0.2) is 11.0 Å². The van der Waals surface area contributed by atoms with Crippen LogP contribution in [0.25, 0.3) is 11.1 Å². The molecule has 21 heavy (non-hydrogen) atoms. The first-order chi connectivity index (χ1) is 9.70. The maximum absolute atomic E-state index is 12.5. The lowest BCUT2D eigenvalue weighted by Crippen LogP contribution is -2.11. The Kier molecular flexibility index (Phi) is 3.82. The molecule has 0 aromatic heterocycles. The van der Waals surface area contributed by atoms with Crippen molar-refractivity contribution in [1.82, 2.24) is 0 Å². The molecular formula is C14H9ClF3NO2. The number of hydrogen-bond acceptors (Lipinski definition) is 2. The summed E-state index contributed by atoms with van der Waals surface area (Å²) in [7, 11) is 0. The third-order valence-electron chi connectivity index (χ3n) is 2.86. The van der Waals surface area contributed by atoms with E-state index in [2.05, 4.69) is 0 Å². The molecule has 2 aromatic carbocycles. The third-order valence-corrected chi connectivity index (χ3v) is 3.08. The van der Waals surface area contributed by atoms with Gasteiger partial charge in [0, 0.05) is 10.6 Å². The van der Waals surface area contributed by atoms with Crippen molar-refractivity contribution in [2.45, 2.75) is 6.18 Å². The molecule has 3 N–H and O–H groups in total. The van der Waals surface area contributed by atoms with Gasteiger partial charge in [0.2, 0.25) is 0 Å². The summed E-state index contributed by atoms with van der Waals surface area (Å²) in [5.74, 6) is -1.31. The topological polar surface area (TPSA) is 63.3 Å². The van der Waals surface area contributed by atoms with E-state index in [1.165, 1.54) is 24.3 Å². The van der Waals surface area contributed by atoms with Gasteiger partial charge in [-0.25, -0.2) is 0 Å². The standard InChI is InChI=1S/C14H9ClF3NO2/c15-9-5-10(12(20)11(6-9)13(19)21)7-1-3-8(4-2-7)14(16,17)18/h1-6,20H,(H2,19,21). The number of hydrogen-bond donors (Lipinski definition) is 2. The molecule has 7 heteroatoms. The summed E-state index contributed by atoms with van der Waals surface area (Å²) in [5, 5.41) is 10.1. The molecule has 0 aliphatic heterocycles. The first-order valence-electron chi connectivity index (χ1n) is 5.70. The number of rotatable bonds is 2. The largest absolute Gasteiger partial charge is 0.506 e. The van der Waals surface area contributed by atoms with Crippen LogP contribution in [0.15, 0.2) is 36.4 Å². The Morgan fingerprint density at radius 3 is 2.19 bits per heavy atom. The second kappa shape index (κ2) is 5.29. The summed E-state index contributed by atoms with van der Waals surface area (Å²) < 4.78 is 37.5. The van der Waals surface area contributed by atoms with E-state index in [9.17, 15) is 23.1 Å². The van der Waals surface area contributed by atoms with Gasteiger partial charge in [0.05, 0.1) is 11.1 Å². The number of phenols is 1. The number of nitrogens with two attached hydrogens (primary N) is 1. The second-order valence-corrected chi connectivity index (χ2v) is 4.73. The van der Waals surface area contributed by atoms with Gasteiger partial charge < -0.3 is 10.8 Å². The molecule has 0 radical (unpaired) electrons. The van der Waals surface area contributed by atoms with Gasteiger partial charge in [0.15, 0.2) is 0 Å². The minimum absolute atomic E-state index is 0.130. The van der Waals surface area contributed by atoms with Gasteiger partial charge in [-0.3, -0.25) is 4.79 Å². The number of amides is 1. The fraction of sp³-hybridized carbons (Fsp3) is 0.0714. The van der Waals surface area contributed by atoms with Gasteiger partial charge in [-0.05, 0) is 29.8 Å². The number of aromatic hydroxyl groups is 1. The van der Waals surface area contributed by atoms with Crippen LogP contribution in [0.3, 0.4) is 0 Å². The maximum atomic E-state index is 12.5. The van der Waals surface area contributed by atoms with Crippen molar-refractivity contribution in [3.63, 3.8) is 0 Å². The highest BCUT2D eigenvalue weighted by Crippen LogP contribution is 2.37. The minimum atomic E-state index is -4.45. The molecule has 0 fully saturated rings. The summed E-state index contributed by atoms with van der Waals surface area (Å²) >= 11 is 5.82. The van der Waals surface area contributed by atoms with Crippen molar-refractivity contribution >= 4 is 17.5 Å². The van der Waals surface area contributed by atoms with Gasteiger partial charge in [-0.1, -0.05) is 23.7 Å². The Morgan fingerprint density at radius 2 is 1.71 bits per heavy atom. The predicted molar refractivity (Wildman–Crippen MR) is 72.1 cm³/mol. The van der Waals surface area contributed by atoms with Crippen LogP contribution >= 0.6 is 11.6 Å². The normalized spacial score (nSPS) is 11.4. The summed E-state index contributed by atoms with van der Waals surface area (Å²) in [6, 6.07) is 6.63. The molecule has 3 nitrogen and oxygen atoms in total. The highest BCUT2D eigenvalue weighted by Gasteiger charge is 2.30. The molecule has 110 valence electrons. The van der Waals surface area contributed by atoms with Gasteiger partial charge in [0.1, 0.15) is 5.75 Å². The monoisotopic (exact) mass is 315 g/mol. The number of benzene rings is 2. The molecule has 0 saturated carbocycles. The van der Waals surface area contributed by atoms with Crippen LogP contribution < -0.4 is 5.73 Å². The van der Waals surface area contributed by atoms with Gasteiger partial charge >= 0.3 is 6.18 Å². The van der Waals surface area contributed by atoms with Gasteiger partial charge in [0.25, 0.3) is 5.91 Å². The quantitative estimate of drug-likeness (QED) is 0.884. The van der Waals surface area contributed by atoms with Crippen LogP contribution in [0.4, 0.5) is 13.2 Å². The molecule has 2 rings (SSSR count). The van der Waals surface area contributed by atoms with E-state index in [1.807, 2.05) is 0 Å². The van der Waals surface area contributed by atoms with Crippen molar-refractivity contribution in [3.8, 4) is 16.9 Å². The Balaban J connectivity index is 2.54. The van der Waals surface area contributed by atoms with E-state index in [1.54, 1.807) is 0 Å². The molecule has 0 atom stereocenters. The van der Waals surface area contributed by atoms with Crippen molar-refractivity contribution in [1.29, 1.82) is 0 Å². The van der Waals surface area contributed by atoms with Crippen LogP contribution in [0, 0.1) is 0 Å². The van der Waals surface area contributed by atoms with Crippen LogP contribution in [0.5, 0.6) is 5.75 Å². The van der Waals surface area contributed by atoms with Crippen LogP contribution in [0.2, 0.25) is 5.02 Å². The molecule has 0 aliphatic carbocycles. The molecule has 0 aliphatic rings. The van der Waals surface area contributed by atoms with Crippen molar-refractivity contribution in [2.75, 3.05) is 0 Å². The first kappa shape index (κ1) is 15.2. The van der Waals surface area contributed by atoms with E-state index < -0.39 is 23.4 Å². The molecule has 0 unspecified atom stereocenters. The third kappa shape index (κ3) is 3.11. The zero-order valence-corrected chi connectivity index (χ0v) is 11.2. The van der Waals surface area contributed by atoms with E-state index in [4.69, 9.17) is 17.3 Å². The molecule has 0 spiro atoms.